The van der Waals surface area contributed by atoms with Crippen LogP contribution in [0.5, 0.6) is 5.75 Å². The zero-order valence-electron chi connectivity index (χ0n) is 26.9. The van der Waals surface area contributed by atoms with Crippen LogP contribution in [0.15, 0.2) is 24.3 Å². The lowest BCUT2D eigenvalue weighted by atomic mass is 10.2. The highest BCUT2D eigenvalue weighted by Crippen LogP contribution is 2.15. The smallest absolute Gasteiger partial charge is 0.308 e. The molecule has 1 rings (SSSR count). The van der Waals surface area contributed by atoms with E-state index in [9.17, 15) is 9.59 Å². The van der Waals surface area contributed by atoms with Gasteiger partial charge in [0.15, 0.2) is 0 Å². The molecule has 44 heavy (non-hydrogen) atoms. The average molecular weight is 632 g/mol. The van der Waals surface area contributed by atoms with Gasteiger partial charge >= 0.3 is 5.97 Å². The Morgan fingerprint density at radius 1 is 0.545 bits per heavy atom. The molecule has 0 aliphatic rings. The molecule has 0 bridgehead atoms. The minimum Gasteiger partial charge on any atom is -0.491 e. The van der Waals surface area contributed by atoms with Crippen molar-refractivity contribution in [3.05, 3.63) is 24.3 Å². The number of nitrogens with one attached hydrogen (secondary N) is 1. The minimum atomic E-state index is -0.475. The minimum absolute atomic E-state index is 0.110. The second-order valence-corrected chi connectivity index (χ2v) is 10.3. The molecule has 0 heterocycles. The summed E-state index contributed by atoms with van der Waals surface area (Å²) in [5, 5.41) is 2.71. The van der Waals surface area contributed by atoms with E-state index in [1.807, 2.05) is 20.8 Å². The van der Waals surface area contributed by atoms with Gasteiger partial charge in [-0.2, -0.15) is 0 Å². The number of hydrogen-bond acceptors (Lipinski definition) is 12. The van der Waals surface area contributed by atoms with E-state index < -0.39 is 5.60 Å². The zero-order valence-corrected chi connectivity index (χ0v) is 26.9. The summed E-state index contributed by atoms with van der Waals surface area (Å²) < 4.78 is 54.4. The molecule has 0 radical (unpaired) electrons. The number of esters is 1. The van der Waals surface area contributed by atoms with Gasteiger partial charge in [0.2, 0.25) is 5.91 Å². The highest BCUT2D eigenvalue weighted by Gasteiger charge is 2.15. The molecule has 1 N–H and O–H groups in total. The number of ether oxygens (including phenoxy) is 10. The van der Waals surface area contributed by atoms with Gasteiger partial charge in [0.05, 0.1) is 112 Å². The van der Waals surface area contributed by atoms with Crippen molar-refractivity contribution >= 4 is 17.6 Å². The van der Waals surface area contributed by atoms with E-state index in [-0.39, 0.29) is 18.3 Å². The molecule has 1 amide bonds. The van der Waals surface area contributed by atoms with E-state index in [1.165, 1.54) is 6.92 Å². The van der Waals surface area contributed by atoms with E-state index in [2.05, 4.69) is 5.32 Å². The van der Waals surface area contributed by atoms with Crippen LogP contribution in [-0.4, -0.2) is 130 Å². The van der Waals surface area contributed by atoms with E-state index in [0.29, 0.717) is 118 Å². The summed E-state index contributed by atoms with van der Waals surface area (Å²) in [4.78, 5) is 22.6. The normalized spacial score (nSPS) is 11.5. The molecule has 0 fully saturated rings. The van der Waals surface area contributed by atoms with Crippen LogP contribution in [0.4, 0.5) is 5.69 Å². The molecule has 1 aromatic carbocycles. The fraction of sp³-hybridized carbons (Fsp3) is 0.742. The number of amides is 1. The van der Waals surface area contributed by atoms with Gasteiger partial charge in [-0.3, -0.25) is 9.59 Å². The van der Waals surface area contributed by atoms with Gasteiger partial charge in [-0.05, 0) is 45.0 Å². The summed E-state index contributed by atoms with van der Waals surface area (Å²) in [5.74, 6) is 0.336. The predicted molar refractivity (Wildman–Crippen MR) is 163 cm³/mol. The quantitative estimate of drug-likeness (QED) is 0.103. The molecule has 0 unspecified atom stereocenters. The Labute approximate surface area is 262 Å². The van der Waals surface area contributed by atoms with Crippen molar-refractivity contribution in [1.82, 2.24) is 0 Å². The van der Waals surface area contributed by atoms with Crippen LogP contribution in [0.25, 0.3) is 0 Å². The van der Waals surface area contributed by atoms with E-state index in [0.717, 1.165) is 5.69 Å². The first-order chi connectivity index (χ1) is 21.3. The molecule has 254 valence electrons. The average Bonchev–Trinajstić information content (AvgIpc) is 2.96. The Bertz CT molecular complexity index is 832. The van der Waals surface area contributed by atoms with Crippen LogP contribution < -0.4 is 10.1 Å². The lowest BCUT2D eigenvalue weighted by Gasteiger charge is -2.19. The fourth-order valence-electron chi connectivity index (χ4n) is 3.25. The summed E-state index contributed by atoms with van der Waals surface area (Å²) in [6.45, 7) is 14.8. The number of rotatable bonds is 29. The van der Waals surface area contributed by atoms with Crippen LogP contribution in [0.1, 0.15) is 34.1 Å². The first-order valence-corrected chi connectivity index (χ1v) is 15.1. The Kier molecular flexibility index (Phi) is 24.3. The molecular formula is C31H53NO12. The second kappa shape index (κ2) is 27.0. The maximum absolute atomic E-state index is 11.6. The maximum atomic E-state index is 11.6. The van der Waals surface area contributed by atoms with Gasteiger partial charge in [-0.15, -0.1) is 0 Å². The molecule has 0 saturated heterocycles. The number of anilines is 1. The summed E-state index contributed by atoms with van der Waals surface area (Å²) in [6.07, 6.45) is 0.229. The molecule has 0 spiro atoms. The third-order valence-corrected chi connectivity index (χ3v) is 5.15. The summed E-state index contributed by atoms with van der Waals surface area (Å²) >= 11 is 0. The van der Waals surface area contributed by atoms with E-state index >= 15 is 0 Å². The van der Waals surface area contributed by atoms with Crippen LogP contribution in [-0.2, 0) is 52.2 Å². The Balaban J connectivity index is 1.70. The molecule has 0 saturated carbocycles. The van der Waals surface area contributed by atoms with Crippen molar-refractivity contribution in [1.29, 1.82) is 0 Å². The third-order valence-electron chi connectivity index (χ3n) is 5.15. The zero-order chi connectivity index (χ0) is 32.1. The first kappa shape index (κ1) is 39.7. The summed E-state index contributed by atoms with van der Waals surface area (Å²) in [7, 11) is 0. The molecule has 13 heteroatoms. The molecular weight excluding hydrogens is 578 g/mol. The lowest BCUT2D eigenvalue weighted by molar-refractivity contribution is -0.156. The molecule has 0 atom stereocenters. The van der Waals surface area contributed by atoms with Crippen LogP contribution in [0, 0.1) is 0 Å². The second-order valence-electron chi connectivity index (χ2n) is 10.3. The van der Waals surface area contributed by atoms with E-state index in [1.54, 1.807) is 24.3 Å². The van der Waals surface area contributed by atoms with Crippen molar-refractivity contribution < 1.29 is 57.0 Å². The van der Waals surface area contributed by atoms with E-state index in [4.69, 9.17) is 47.4 Å². The van der Waals surface area contributed by atoms with Crippen molar-refractivity contribution in [2.24, 2.45) is 0 Å². The fourth-order valence-corrected chi connectivity index (χ4v) is 3.25. The van der Waals surface area contributed by atoms with Crippen molar-refractivity contribution in [3.8, 4) is 5.75 Å². The molecule has 1 aromatic rings. The van der Waals surface area contributed by atoms with Crippen molar-refractivity contribution in [2.75, 3.05) is 118 Å². The SMILES string of the molecule is CC(=O)Nc1ccc(OCCOCCOCCOCCOCCOCCOCCOCCOCCC(=O)OC(C)(C)C)cc1. The number of carbonyl (C=O) groups excluding carboxylic acids is 2. The van der Waals surface area contributed by atoms with Gasteiger partial charge in [0, 0.05) is 12.6 Å². The highest BCUT2D eigenvalue weighted by atomic mass is 16.6. The molecule has 0 aromatic heterocycles. The van der Waals surface area contributed by atoms with Gasteiger partial charge in [0.1, 0.15) is 18.0 Å². The largest absolute Gasteiger partial charge is 0.491 e. The third kappa shape index (κ3) is 27.2. The monoisotopic (exact) mass is 631 g/mol. The summed E-state index contributed by atoms with van der Waals surface area (Å²) in [5.41, 5.74) is 0.254. The van der Waals surface area contributed by atoms with Gasteiger partial charge in [0.25, 0.3) is 0 Å². The molecule has 0 aliphatic heterocycles. The number of carbonyl (C=O) groups is 2. The Hall–Kier alpha value is -2.36. The maximum Gasteiger partial charge on any atom is 0.308 e. The standard InChI is InChI=1S/C31H53NO12/c1-27(33)32-28-5-7-29(8-6-28)43-26-25-42-24-23-41-22-21-40-20-19-39-18-17-38-16-15-37-14-13-36-12-11-35-10-9-30(34)44-31(2,3)4/h5-8H,9-26H2,1-4H3,(H,32,33). The predicted octanol–water partition coefficient (Wildman–Crippen LogP) is 2.89. The van der Waals surface area contributed by atoms with Gasteiger partial charge in [-0.25, -0.2) is 0 Å². The molecule has 0 aliphatic carbocycles. The summed E-state index contributed by atoms with van der Waals surface area (Å²) in [6, 6.07) is 7.16. The number of hydrogen-bond donors (Lipinski definition) is 1. The first-order valence-electron chi connectivity index (χ1n) is 15.1. The highest BCUT2D eigenvalue weighted by molar-refractivity contribution is 5.88. The van der Waals surface area contributed by atoms with Crippen LogP contribution in [0.2, 0.25) is 0 Å². The topological polar surface area (TPSA) is 138 Å². The Morgan fingerprint density at radius 2 is 0.886 bits per heavy atom. The number of benzene rings is 1. The lowest BCUT2D eigenvalue weighted by Crippen LogP contribution is -2.24. The van der Waals surface area contributed by atoms with Crippen LogP contribution >= 0.6 is 0 Å². The van der Waals surface area contributed by atoms with Gasteiger partial charge < -0.3 is 52.7 Å². The van der Waals surface area contributed by atoms with Crippen LogP contribution in [0.3, 0.4) is 0 Å². The van der Waals surface area contributed by atoms with Gasteiger partial charge in [-0.1, -0.05) is 0 Å². The van der Waals surface area contributed by atoms with Crippen molar-refractivity contribution in [2.45, 2.75) is 39.7 Å². The van der Waals surface area contributed by atoms with Crippen molar-refractivity contribution in [3.63, 3.8) is 0 Å². The molecule has 13 nitrogen and oxygen atoms in total. The Morgan fingerprint density at radius 3 is 1.23 bits per heavy atom.